The van der Waals surface area contributed by atoms with E-state index in [-0.39, 0.29) is 0 Å². The molecular formula is C17H36O4Si2. The number of rotatable bonds is 10. The van der Waals surface area contributed by atoms with Gasteiger partial charge in [0.25, 0.3) is 0 Å². The highest BCUT2D eigenvalue weighted by Crippen LogP contribution is 2.55. The van der Waals surface area contributed by atoms with Crippen LogP contribution in [0.5, 0.6) is 0 Å². The van der Waals surface area contributed by atoms with Gasteiger partial charge in [-0.05, 0) is 81.0 Å². The molecule has 0 aromatic heterocycles. The van der Waals surface area contributed by atoms with Crippen molar-refractivity contribution in [1.82, 2.24) is 0 Å². The smallest absolute Gasteiger partial charge is 0.334 e. The van der Waals surface area contributed by atoms with Gasteiger partial charge in [-0.2, -0.15) is 0 Å². The van der Waals surface area contributed by atoms with Crippen LogP contribution in [0.3, 0.4) is 0 Å². The molecule has 23 heavy (non-hydrogen) atoms. The third-order valence-corrected chi connectivity index (χ3v) is 12.7. The first kappa shape index (κ1) is 19.6. The van der Waals surface area contributed by atoms with Crippen molar-refractivity contribution in [1.29, 1.82) is 0 Å². The maximum Gasteiger partial charge on any atom is 0.334 e. The summed E-state index contributed by atoms with van der Waals surface area (Å²) >= 11 is 0. The molecule has 0 amide bonds. The summed E-state index contributed by atoms with van der Waals surface area (Å²) in [5.74, 6) is 3.69. The van der Waals surface area contributed by atoms with E-state index in [1.54, 1.807) is 28.4 Å². The van der Waals surface area contributed by atoms with Crippen molar-refractivity contribution in [2.75, 3.05) is 28.4 Å². The van der Waals surface area contributed by atoms with Gasteiger partial charge in [0.1, 0.15) is 0 Å². The molecule has 2 aliphatic rings. The van der Waals surface area contributed by atoms with Gasteiger partial charge in [-0.3, -0.25) is 0 Å². The Morgan fingerprint density at radius 3 is 1.26 bits per heavy atom. The zero-order chi connectivity index (χ0) is 17.1. The van der Waals surface area contributed by atoms with Crippen LogP contribution >= 0.6 is 0 Å². The summed E-state index contributed by atoms with van der Waals surface area (Å²) in [6, 6.07) is 2.27. The van der Waals surface area contributed by atoms with E-state index < -0.39 is 17.1 Å². The predicted molar refractivity (Wildman–Crippen MR) is 97.9 cm³/mol. The van der Waals surface area contributed by atoms with Gasteiger partial charge in [-0.15, -0.1) is 0 Å². The lowest BCUT2D eigenvalue weighted by atomic mass is 9.80. The quantitative estimate of drug-likeness (QED) is 0.548. The second kappa shape index (κ2) is 8.10. The van der Waals surface area contributed by atoms with E-state index in [0.29, 0.717) is 0 Å². The Bertz CT molecular complexity index is 338. The van der Waals surface area contributed by atoms with Gasteiger partial charge < -0.3 is 17.7 Å². The van der Waals surface area contributed by atoms with E-state index in [4.69, 9.17) is 17.7 Å². The average Bonchev–Trinajstić information content (AvgIpc) is 3.17. The topological polar surface area (TPSA) is 36.9 Å². The molecule has 4 nitrogen and oxygen atoms in total. The van der Waals surface area contributed by atoms with Crippen LogP contribution in [-0.4, -0.2) is 45.6 Å². The first-order valence-electron chi connectivity index (χ1n) is 9.09. The summed E-state index contributed by atoms with van der Waals surface area (Å²) in [5.41, 5.74) is 0. The van der Waals surface area contributed by atoms with E-state index >= 15 is 0 Å². The molecule has 0 N–H and O–H groups in total. The lowest BCUT2D eigenvalue weighted by molar-refractivity contribution is 0.214. The monoisotopic (exact) mass is 360 g/mol. The van der Waals surface area contributed by atoms with Crippen LogP contribution in [0.2, 0.25) is 25.2 Å². The first-order valence-corrected chi connectivity index (χ1v) is 14.1. The summed E-state index contributed by atoms with van der Waals surface area (Å²) in [6.45, 7) is 4.37. The zero-order valence-corrected chi connectivity index (χ0v) is 17.9. The van der Waals surface area contributed by atoms with Gasteiger partial charge in [0.2, 0.25) is 0 Å². The molecule has 136 valence electrons. The third kappa shape index (κ3) is 4.67. The number of hydrogen-bond acceptors (Lipinski definition) is 4. The van der Waals surface area contributed by atoms with E-state index in [0.717, 1.165) is 35.8 Å². The van der Waals surface area contributed by atoms with Crippen molar-refractivity contribution in [3.63, 3.8) is 0 Å². The molecule has 4 atom stereocenters. The molecule has 2 fully saturated rings. The normalized spacial score (nSPS) is 31.0. The summed E-state index contributed by atoms with van der Waals surface area (Å²) in [5, 5.41) is 0. The van der Waals surface area contributed by atoms with Crippen LogP contribution in [0.25, 0.3) is 0 Å². The molecular weight excluding hydrogens is 324 g/mol. The van der Waals surface area contributed by atoms with Gasteiger partial charge in [0.05, 0.1) is 0 Å². The van der Waals surface area contributed by atoms with Crippen molar-refractivity contribution >= 4 is 17.1 Å². The van der Waals surface area contributed by atoms with E-state index in [9.17, 15) is 0 Å². The Hall–Kier alpha value is 0.274. The van der Waals surface area contributed by atoms with Crippen LogP contribution in [-0.2, 0) is 17.7 Å². The van der Waals surface area contributed by atoms with E-state index in [2.05, 4.69) is 13.1 Å². The van der Waals surface area contributed by atoms with Crippen molar-refractivity contribution in [3.8, 4) is 0 Å². The highest BCUT2D eigenvalue weighted by molar-refractivity contribution is 6.66. The van der Waals surface area contributed by atoms with Crippen molar-refractivity contribution in [2.24, 2.45) is 23.7 Å². The lowest BCUT2D eigenvalue weighted by Crippen LogP contribution is -2.37. The second-order valence-corrected chi connectivity index (χ2v) is 15.1. The predicted octanol–water partition coefficient (Wildman–Crippen LogP) is 4.16. The molecule has 0 saturated heterocycles. The zero-order valence-electron chi connectivity index (χ0n) is 15.9. The van der Waals surface area contributed by atoms with E-state index in [1.165, 1.54) is 32.1 Å². The van der Waals surface area contributed by atoms with Crippen LogP contribution in [0.15, 0.2) is 0 Å². The molecule has 2 bridgehead atoms. The molecule has 6 heteroatoms. The number of fused-ring (bicyclic) bond motifs is 2. The largest absolute Gasteiger partial charge is 0.398 e. The number of hydrogen-bond donors (Lipinski definition) is 0. The fourth-order valence-electron chi connectivity index (χ4n) is 4.69. The molecule has 0 heterocycles. The van der Waals surface area contributed by atoms with Crippen LogP contribution in [0.1, 0.15) is 32.1 Å². The molecule has 2 saturated carbocycles. The lowest BCUT2D eigenvalue weighted by Gasteiger charge is -2.32. The van der Waals surface area contributed by atoms with Gasteiger partial charge in [-0.1, -0.05) is 0 Å². The average molecular weight is 361 g/mol. The van der Waals surface area contributed by atoms with E-state index in [1.807, 2.05) is 0 Å². The SMILES string of the molecule is CO[Si](C)(CCC1CC2CC1CC2CC[Si](C)(OC)OC)OC. The molecule has 4 unspecified atom stereocenters. The van der Waals surface area contributed by atoms with Gasteiger partial charge in [-0.25, -0.2) is 0 Å². The highest BCUT2D eigenvalue weighted by Gasteiger charge is 2.46. The van der Waals surface area contributed by atoms with Gasteiger partial charge in [0.15, 0.2) is 0 Å². The van der Waals surface area contributed by atoms with Gasteiger partial charge in [0, 0.05) is 28.4 Å². The van der Waals surface area contributed by atoms with Crippen LogP contribution < -0.4 is 0 Å². The summed E-state index contributed by atoms with van der Waals surface area (Å²) in [4.78, 5) is 0. The molecule has 0 aromatic carbocycles. The fraction of sp³-hybridized carbons (Fsp3) is 1.00. The summed E-state index contributed by atoms with van der Waals surface area (Å²) < 4.78 is 22.6. The molecule has 0 aromatic rings. The minimum absolute atomic E-state index is 0.904. The first-order chi connectivity index (χ1) is 10.9. The summed E-state index contributed by atoms with van der Waals surface area (Å²) in [7, 11) is 3.44. The van der Waals surface area contributed by atoms with Crippen molar-refractivity contribution < 1.29 is 17.7 Å². The maximum atomic E-state index is 5.64. The van der Waals surface area contributed by atoms with Crippen molar-refractivity contribution in [2.45, 2.75) is 57.3 Å². The third-order valence-electron chi connectivity index (χ3n) is 6.82. The minimum atomic E-state index is -1.89. The Kier molecular flexibility index (Phi) is 6.90. The van der Waals surface area contributed by atoms with Crippen molar-refractivity contribution in [3.05, 3.63) is 0 Å². The van der Waals surface area contributed by atoms with Crippen LogP contribution in [0.4, 0.5) is 0 Å². The summed E-state index contributed by atoms with van der Waals surface area (Å²) in [6.07, 6.45) is 6.88. The molecule has 2 rings (SSSR count). The Morgan fingerprint density at radius 1 is 0.652 bits per heavy atom. The Morgan fingerprint density at radius 2 is 1.00 bits per heavy atom. The van der Waals surface area contributed by atoms with Crippen LogP contribution in [0, 0.1) is 23.7 Å². The second-order valence-electron chi connectivity index (χ2n) is 7.91. The Labute approximate surface area is 144 Å². The molecule has 0 radical (unpaired) electrons. The fourth-order valence-corrected chi connectivity index (χ4v) is 7.63. The molecule has 0 aliphatic heterocycles. The minimum Gasteiger partial charge on any atom is -0.398 e. The Balaban J connectivity index is 1.76. The molecule has 0 spiro atoms. The highest BCUT2D eigenvalue weighted by atomic mass is 28.4. The van der Waals surface area contributed by atoms with Gasteiger partial charge >= 0.3 is 17.1 Å². The standard InChI is InChI=1S/C17H36O4Si2/c1-18-22(5,19-2)9-7-14-11-17-13-16(14)12-15(17)8-10-23(6,20-3)21-4/h14-17H,7-13H2,1-6H3. The molecule has 2 aliphatic carbocycles. The maximum absolute atomic E-state index is 5.64.